The number of aryl methyl sites for hydroxylation is 1. The topological polar surface area (TPSA) is 84.7 Å². The second kappa shape index (κ2) is 9.31. The summed E-state index contributed by atoms with van der Waals surface area (Å²) in [5.74, 6) is -0.208. The summed E-state index contributed by atoms with van der Waals surface area (Å²) in [5.41, 5.74) is 1.33. The predicted octanol–water partition coefficient (Wildman–Crippen LogP) is 2.30. The molecule has 7 nitrogen and oxygen atoms in total. The zero-order valence-electron chi connectivity index (χ0n) is 13.6. The lowest BCUT2D eigenvalue weighted by Gasteiger charge is -2.22. The minimum absolute atomic E-state index is 0. The Hall–Kier alpha value is -1.22. The number of hydrogen-bond acceptors (Lipinski definition) is 6. The molecule has 3 heterocycles. The minimum atomic E-state index is -0.208. The van der Waals surface area contributed by atoms with Crippen LogP contribution in [0.25, 0.3) is 0 Å². The van der Waals surface area contributed by atoms with Gasteiger partial charge in [-0.15, -0.1) is 41.2 Å². The SMILES string of the molecule is Cc1csc(C(C)NC(=O)c2cn(C3CCNCC3)nn2)n1.Cl.Cl. The maximum Gasteiger partial charge on any atom is 0.274 e. The molecule has 10 heteroatoms. The first-order valence-electron chi connectivity index (χ1n) is 7.49. The Bertz CT molecular complexity index is 655. The number of carbonyl (C=O) groups excluding carboxylic acids is 1. The van der Waals surface area contributed by atoms with E-state index in [0.29, 0.717) is 11.7 Å². The van der Waals surface area contributed by atoms with E-state index < -0.39 is 0 Å². The number of amides is 1. The van der Waals surface area contributed by atoms with Gasteiger partial charge in [0, 0.05) is 11.1 Å². The number of halogens is 2. The molecule has 0 aromatic carbocycles. The fourth-order valence-electron chi connectivity index (χ4n) is 2.53. The van der Waals surface area contributed by atoms with Crippen LogP contribution >= 0.6 is 36.2 Å². The van der Waals surface area contributed by atoms with Crippen molar-refractivity contribution in [1.29, 1.82) is 0 Å². The second-order valence-corrected chi connectivity index (χ2v) is 6.48. The van der Waals surface area contributed by atoms with Crippen LogP contribution in [0.4, 0.5) is 0 Å². The highest BCUT2D eigenvalue weighted by Crippen LogP contribution is 2.19. The first-order chi connectivity index (χ1) is 10.6. The van der Waals surface area contributed by atoms with Crippen LogP contribution in [0.15, 0.2) is 11.6 Å². The van der Waals surface area contributed by atoms with Crippen molar-refractivity contribution >= 4 is 42.1 Å². The van der Waals surface area contributed by atoms with Crippen molar-refractivity contribution in [2.45, 2.75) is 38.8 Å². The third kappa shape index (κ3) is 4.89. The van der Waals surface area contributed by atoms with Crippen molar-refractivity contribution < 1.29 is 4.79 Å². The lowest BCUT2D eigenvalue weighted by Crippen LogP contribution is -2.29. The Morgan fingerprint density at radius 1 is 1.42 bits per heavy atom. The molecule has 134 valence electrons. The molecule has 0 spiro atoms. The first-order valence-corrected chi connectivity index (χ1v) is 8.37. The van der Waals surface area contributed by atoms with Crippen molar-refractivity contribution in [3.63, 3.8) is 0 Å². The number of nitrogens with zero attached hydrogens (tertiary/aromatic N) is 4. The molecule has 2 aromatic heterocycles. The van der Waals surface area contributed by atoms with Crippen LogP contribution in [-0.4, -0.2) is 39.0 Å². The van der Waals surface area contributed by atoms with E-state index in [2.05, 4.69) is 25.9 Å². The molecule has 1 aliphatic heterocycles. The maximum absolute atomic E-state index is 12.3. The van der Waals surface area contributed by atoms with E-state index in [-0.39, 0.29) is 36.8 Å². The zero-order chi connectivity index (χ0) is 15.5. The van der Waals surface area contributed by atoms with E-state index in [1.54, 1.807) is 17.5 Å². The molecular weight excluding hydrogens is 371 g/mol. The average Bonchev–Trinajstić information content (AvgIpc) is 3.17. The predicted molar refractivity (Wildman–Crippen MR) is 98.4 cm³/mol. The molecule has 0 saturated carbocycles. The molecule has 1 fully saturated rings. The number of nitrogens with one attached hydrogen (secondary N) is 2. The quantitative estimate of drug-likeness (QED) is 0.833. The molecule has 1 saturated heterocycles. The number of aromatic nitrogens is 4. The van der Waals surface area contributed by atoms with Gasteiger partial charge in [0.15, 0.2) is 5.69 Å². The highest BCUT2D eigenvalue weighted by atomic mass is 35.5. The zero-order valence-corrected chi connectivity index (χ0v) is 16.0. The van der Waals surface area contributed by atoms with Gasteiger partial charge in [-0.3, -0.25) is 4.79 Å². The van der Waals surface area contributed by atoms with Crippen molar-refractivity contribution in [3.8, 4) is 0 Å². The van der Waals surface area contributed by atoms with Gasteiger partial charge < -0.3 is 10.6 Å². The van der Waals surface area contributed by atoms with Crippen LogP contribution in [0.5, 0.6) is 0 Å². The summed E-state index contributed by atoms with van der Waals surface area (Å²) < 4.78 is 1.81. The van der Waals surface area contributed by atoms with Crippen molar-refractivity contribution in [3.05, 3.63) is 28.0 Å². The molecule has 1 atom stereocenters. The van der Waals surface area contributed by atoms with Crippen LogP contribution in [-0.2, 0) is 0 Å². The standard InChI is InChI=1S/C14H20N6OS.2ClH/c1-9-8-22-14(16-9)10(2)17-13(21)12-7-20(19-18-12)11-3-5-15-6-4-11;;/h7-8,10-11,15H,3-6H2,1-2H3,(H,17,21);2*1H. The largest absolute Gasteiger partial charge is 0.342 e. The van der Waals surface area contributed by atoms with E-state index >= 15 is 0 Å². The Balaban J connectivity index is 0.00000144. The molecule has 1 unspecified atom stereocenters. The Morgan fingerprint density at radius 2 is 2.12 bits per heavy atom. The smallest absolute Gasteiger partial charge is 0.274 e. The summed E-state index contributed by atoms with van der Waals surface area (Å²) in [6.07, 6.45) is 3.77. The van der Waals surface area contributed by atoms with Crippen LogP contribution in [0.1, 0.15) is 53.0 Å². The summed E-state index contributed by atoms with van der Waals surface area (Å²) in [5, 5.41) is 17.2. The van der Waals surface area contributed by atoms with Crippen LogP contribution in [0.2, 0.25) is 0 Å². The van der Waals surface area contributed by atoms with Gasteiger partial charge in [0.05, 0.1) is 18.3 Å². The Morgan fingerprint density at radius 3 is 2.75 bits per heavy atom. The summed E-state index contributed by atoms with van der Waals surface area (Å²) in [6, 6.07) is 0.199. The van der Waals surface area contributed by atoms with E-state index in [4.69, 9.17) is 0 Å². The molecule has 24 heavy (non-hydrogen) atoms. The van der Waals surface area contributed by atoms with Gasteiger partial charge in [0.1, 0.15) is 5.01 Å². The second-order valence-electron chi connectivity index (χ2n) is 5.59. The summed E-state index contributed by atoms with van der Waals surface area (Å²) in [4.78, 5) is 16.7. The lowest BCUT2D eigenvalue weighted by molar-refractivity contribution is 0.0934. The van der Waals surface area contributed by atoms with Crippen LogP contribution < -0.4 is 10.6 Å². The fourth-order valence-corrected chi connectivity index (χ4v) is 3.34. The Labute approximate surface area is 157 Å². The Kier molecular flexibility index (Phi) is 8.08. The number of thiazole rings is 1. The number of carbonyl (C=O) groups is 1. The normalized spacial score (nSPS) is 15.9. The van der Waals surface area contributed by atoms with Gasteiger partial charge in [-0.1, -0.05) is 5.21 Å². The van der Waals surface area contributed by atoms with Crippen LogP contribution in [0.3, 0.4) is 0 Å². The molecule has 3 rings (SSSR count). The minimum Gasteiger partial charge on any atom is -0.342 e. The van der Waals surface area contributed by atoms with E-state index in [0.717, 1.165) is 36.6 Å². The average molecular weight is 393 g/mol. The molecule has 1 amide bonds. The summed E-state index contributed by atoms with van der Waals surface area (Å²) >= 11 is 1.55. The molecule has 2 N–H and O–H groups in total. The van der Waals surface area contributed by atoms with Crippen LogP contribution in [0, 0.1) is 6.92 Å². The van der Waals surface area contributed by atoms with Gasteiger partial charge >= 0.3 is 0 Å². The van der Waals surface area contributed by atoms with Crippen molar-refractivity contribution in [1.82, 2.24) is 30.6 Å². The summed E-state index contributed by atoms with van der Waals surface area (Å²) in [6.45, 7) is 5.82. The molecule has 2 aromatic rings. The number of rotatable bonds is 4. The highest BCUT2D eigenvalue weighted by molar-refractivity contribution is 7.09. The number of piperidine rings is 1. The lowest BCUT2D eigenvalue weighted by atomic mass is 10.1. The molecule has 1 aliphatic rings. The van der Waals surface area contributed by atoms with E-state index in [1.807, 2.05) is 23.9 Å². The third-order valence-electron chi connectivity index (χ3n) is 3.78. The van der Waals surface area contributed by atoms with E-state index in [1.165, 1.54) is 0 Å². The van der Waals surface area contributed by atoms with Crippen molar-refractivity contribution in [2.24, 2.45) is 0 Å². The van der Waals surface area contributed by atoms with Gasteiger partial charge in [-0.25, -0.2) is 9.67 Å². The first kappa shape index (κ1) is 20.8. The third-order valence-corrected chi connectivity index (χ3v) is 4.93. The van der Waals surface area contributed by atoms with Gasteiger partial charge in [-0.2, -0.15) is 0 Å². The van der Waals surface area contributed by atoms with Gasteiger partial charge in [0.25, 0.3) is 5.91 Å². The van der Waals surface area contributed by atoms with Gasteiger partial charge in [-0.05, 0) is 39.8 Å². The number of hydrogen-bond donors (Lipinski definition) is 2. The summed E-state index contributed by atoms with van der Waals surface area (Å²) in [7, 11) is 0. The maximum atomic E-state index is 12.3. The molecule has 0 radical (unpaired) electrons. The van der Waals surface area contributed by atoms with Crippen molar-refractivity contribution in [2.75, 3.05) is 13.1 Å². The van der Waals surface area contributed by atoms with Gasteiger partial charge in [0.2, 0.25) is 0 Å². The molecule has 0 aliphatic carbocycles. The highest BCUT2D eigenvalue weighted by Gasteiger charge is 2.20. The monoisotopic (exact) mass is 392 g/mol. The molecular formula is C14H22Cl2N6OS. The fraction of sp³-hybridized carbons (Fsp3) is 0.571. The molecule has 0 bridgehead atoms. The van der Waals surface area contributed by atoms with E-state index in [9.17, 15) is 4.79 Å².